The van der Waals surface area contributed by atoms with Gasteiger partial charge in [0.1, 0.15) is 11.4 Å². The highest BCUT2D eigenvalue weighted by atomic mass is 16.1. The lowest BCUT2D eigenvalue weighted by molar-refractivity contribution is 0.101. The average molecular weight is 362 g/mol. The molecule has 0 amide bonds. The molecule has 0 aliphatic heterocycles. The van der Waals surface area contributed by atoms with E-state index in [-0.39, 0.29) is 17.0 Å². The highest BCUT2D eigenvalue weighted by molar-refractivity contribution is 6.05. The van der Waals surface area contributed by atoms with E-state index in [1.165, 1.54) is 11.6 Å². The van der Waals surface area contributed by atoms with E-state index >= 15 is 0 Å². The molecule has 0 atom stereocenters. The minimum atomic E-state index is -0.331. The van der Waals surface area contributed by atoms with Crippen LogP contribution in [0.15, 0.2) is 47.5 Å². The highest BCUT2D eigenvalue weighted by Gasteiger charge is 2.22. The predicted octanol–water partition coefficient (Wildman–Crippen LogP) is 3.89. The molecule has 1 N–H and O–H groups in total. The number of rotatable bonds is 5. The standard InChI is InChI=1S/C21H22N4O2/c1-5-25-21(27)20(23-17-12-22-10-9-14(17)3)18(15(4)26)19(24-25)16-8-6-7-13(2)11-16/h6-12,23H,5H2,1-4H3. The minimum absolute atomic E-state index is 0.219. The third-order valence-corrected chi connectivity index (χ3v) is 4.40. The second kappa shape index (κ2) is 7.53. The van der Waals surface area contributed by atoms with E-state index in [2.05, 4.69) is 15.4 Å². The predicted molar refractivity (Wildman–Crippen MR) is 107 cm³/mol. The lowest BCUT2D eigenvalue weighted by atomic mass is 10.0. The van der Waals surface area contributed by atoms with Crippen LogP contribution in [0.25, 0.3) is 11.3 Å². The summed E-state index contributed by atoms with van der Waals surface area (Å²) in [4.78, 5) is 29.6. The Morgan fingerprint density at radius 1 is 1.22 bits per heavy atom. The van der Waals surface area contributed by atoms with Gasteiger partial charge in [0.15, 0.2) is 5.78 Å². The molecule has 138 valence electrons. The van der Waals surface area contributed by atoms with Crippen LogP contribution >= 0.6 is 0 Å². The number of benzene rings is 1. The van der Waals surface area contributed by atoms with Gasteiger partial charge in [0.25, 0.3) is 5.56 Å². The molecule has 0 saturated carbocycles. The molecule has 6 nitrogen and oxygen atoms in total. The largest absolute Gasteiger partial charge is 0.349 e. The van der Waals surface area contributed by atoms with Gasteiger partial charge in [-0.05, 0) is 45.4 Å². The van der Waals surface area contributed by atoms with Crippen molar-refractivity contribution in [1.82, 2.24) is 14.8 Å². The molecule has 0 aliphatic carbocycles. The summed E-state index contributed by atoms with van der Waals surface area (Å²) in [5.41, 5.74) is 4.14. The molecular formula is C21H22N4O2. The second-order valence-electron chi connectivity index (χ2n) is 6.46. The smallest absolute Gasteiger partial charge is 0.291 e. The van der Waals surface area contributed by atoms with E-state index in [9.17, 15) is 9.59 Å². The number of Topliss-reactive ketones (excluding diaryl/α,β-unsaturated/α-hetero) is 1. The van der Waals surface area contributed by atoms with Crippen LogP contribution in [0.2, 0.25) is 0 Å². The van der Waals surface area contributed by atoms with Crippen molar-refractivity contribution >= 4 is 17.2 Å². The Balaban J connectivity index is 2.31. The number of nitrogens with zero attached hydrogens (tertiary/aromatic N) is 3. The number of aromatic nitrogens is 3. The first-order chi connectivity index (χ1) is 12.9. The monoisotopic (exact) mass is 362 g/mol. The van der Waals surface area contributed by atoms with Crippen LogP contribution in [-0.4, -0.2) is 20.5 Å². The fourth-order valence-electron chi connectivity index (χ4n) is 2.97. The molecule has 0 fully saturated rings. The number of carbonyl (C=O) groups excluding carboxylic acids is 1. The zero-order chi connectivity index (χ0) is 19.6. The van der Waals surface area contributed by atoms with Crippen molar-refractivity contribution in [1.29, 1.82) is 0 Å². The van der Waals surface area contributed by atoms with Crippen molar-refractivity contribution in [2.75, 3.05) is 5.32 Å². The van der Waals surface area contributed by atoms with Crippen molar-refractivity contribution < 1.29 is 4.79 Å². The van der Waals surface area contributed by atoms with Crippen molar-refractivity contribution in [2.45, 2.75) is 34.2 Å². The van der Waals surface area contributed by atoms with E-state index in [0.29, 0.717) is 23.5 Å². The summed E-state index contributed by atoms with van der Waals surface area (Å²) in [6.45, 7) is 7.59. The zero-order valence-corrected chi connectivity index (χ0v) is 15.9. The molecule has 27 heavy (non-hydrogen) atoms. The molecular weight excluding hydrogens is 340 g/mol. The van der Waals surface area contributed by atoms with Gasteiger partial charge in [-0.15, -0.1) is 0 Å². The van der Waals surface area contributed by atoms with Crippen molar-refractivity contribution in [3.63, 3.8) is 0 Å². The van der Waals surface area contributed by atoms with Gasteiger partial charge in [-0.2, -0.15) is 5.10 Å². The maximum absolute atomic E-state index is 13.0. The van der Waals surface area contributed by atoms with Crippen molar-refractivity contribution in [2.24, 2.45) is 0 Å². The number of pyridine rings is 1. The fraction of sp³-hybridized carbons (Fsp3) is 0.238. The maximum atomic E-state index is 13.0. The summed E-state index contributed by atoms with van der Waals surface area (Å²) in [6.07, 6.45) is 3.32. The van der Waals surface area contributed by atoms with Crippen molar-refractivity contribution in [3.8, 4) is 11.3 Å². The SMILES string of the molecule is CCn1nc(-c2cccc(C)c2)c(C(C)=O)c(Nc2cnccc2C)c1=O. The summed E-state index contributed by atoms with van der Waals surface area (Å²) < 4.78 is 1.37. The molecule has 2 heterocycles. The van der Waals surface area contributed by atoms with Crippen LogP contribution < -0.4 is 10.9 Å². The van der Waals surface area contributed by atoms with Crippen LogP contribution in [0.4, 0.5) is 11.4 Å². The van der Waals surface area contributed by atoms with E-state index in [4.69, 9.17) is 0 Å². The number of aryl methyl sites for hydroxylation is 3. The van der Waals surface area contributed by atoms with Crippen LogP contribution in [0.3, 0.4) is 0 Å². The summed E-state index contributed by atoms with van der Waals surface area (Å²) in [6, 6.07) is 9.58. The molecule has 3 rings (SSSR count). The fourth-order valence-corrected chi connectivity index (χ4v) is 2.97. The van der Waals surface area contributed by atoms with Gasteiger partial charge in [0.05, 0.1) is 17.4 Å². The van der Waals surface area contributed by atoms with Crippen LogP contribution in [0, 0.1) is 13.8 Å². The number of hydrogen-bond acceptors (Lipinski definition) is 5. The molecule has 0 saturated heterocycles. The first-order valence-corrected chi connectivity index (χ1v) is 8.83. The summed E-state index contributed by atoms with van der Waals surface area (Å²) in [7, 11) is 0. The van der Waals surface area contributed by atoms with Gasteiger partial charge < -0.3 is 5.32 Å². The Morgan fingerprint density at radius 2 is 2.00 bits per heavy atom. The summed E-state index contributed by atoms with van der Waals surface area (Å²) in [5.74, 6) is -0.219. The Kier molecular flexibility index (Phi) is 5.16. The lowest BCUT2D eigenvalue weighted by Gasteiger charge is -2.17. The van der Waals surface area contributed by atoms with E-state index < -0.39 is 0 Å². The topological polar surface area (TPSA) is 76.9 Å². The molecule has 2 aromatic heterocycles. The van der Waals surface area contributed by atoms with Gasteiger partial charge in [0, 0.05) is 18.3 Å². The molecule has 0 bridgehead atoms. The molecule has 1 aromatic carbocycles. The van der Waals surface area contributed by atoms with Gasteiger partial charge in [0.2, 0.25) is 0 Å². The number of carbonyl (C=O) groups is 1. The number of hydrogen-bond donors (Lipinski definition) is 1. The van der Waals surface area contributed by atoms with Crippen LogP contribution in [0.1, 0.15) is 35.3 Å². The first-order valence-electron chi connectivity index (χ1n) is 8.83. The van der Waals surface area contributed by atoms with Gasteiger partial charge in [-0.25, -0.2) is 4.68 Å². The third-order valence-electron chi connectivity index (χ3n) is 4.40. The highest BCUT2D eigenvalue weighted by Crippen LogP contribution is 2.28. The molecule has 0 radical (unpaired) electrons. The molecule has 0 aliphatic rings. The van der Waals surface area contributed by atoms with E-state index in [1.807, 2.05) is 51.1 Å². The van der Waals surface area contributed by atoms with Gasteiger partial charge in [-0.1, -0.05) is 23.8 Å². The molecule has 0 unspecified atom stereocenters. The lowest BCUT2D eigenvalue weighted by Crippen LogP contribution is -2.28. The minimum Gasteiger partial charge on any atom is -0.349 e. The summed E-state index contributed by atoms with van der Waals surface area (Å²) in [5, 5.41) is 7.61. The Morgan fingerprint density at radius 3 is 2.63 bits per heavy atom. The molecule has 3 aromatic rings. The quantitative estimate of drug-likeness (QED) is 0.697. The normalized spacial score (nSPS) is 10.7. The Labute approximate surface area is 157 Å². The van der Waals surface area contributed by atoms with Crippen molar-refractivity contribution in [3.05, 3.63) is 69.8 Å². The zero-order valence-electron chi connectivity index (χ0n) is 15.9. The average Bonchev–Trinajstić information content (AvgIpc) is 2.64. The van der Waals surface area contributed by atoms with Gasteiger partial charge >= 0.3 is 0 Å². The van der Waals surface area contributed by atoms with E-state index in [1.54, 1.807) is 12.4 Å². The number of anilines is 2. The number of ketones is 1. The maximum Gasteiger partial charge on any atom is 0.291 e. The Hall–Kier alpha value is -3.28. The van der Waals surface area contributed by atoms with E-state index in [0.717, 1.165) is 16.7 Å². The van der Waals surface area contributed by atoms with Crippen LogP contribution in [0.5, 0.6) is 0 Å². The van der Waals surface area contributed by atoms with Crippen LogP contribution in [-0.2, 0) is 6.54 Å². The number of nitrogens with one attached hydrogen (secondary N) is 1. The summed E-state index contributed by atoms with van der Waals surface area (Å²) >= 11 is 0. The molecule has 0 spiro atoms. The van der Waals surface area contributed by atoms with Gasteiger partial charge in [-0.3, -0.25) is 14.6 Å². The first kappa shape index (κ1) is 18.5. The Bertz CT molecular complexity index is 1070. The molecule has 6 heteroatoms. The second-order valence-corrected chi connectivity index (χ2v) is 6.46. The third kappa shape index (κ3) is 3.65.